The number of hydrogen-bond donors (Lipinski definition) is 0. The van der Waals surface area contributed by atoms with E-state index in [0.717, 1.165) is 50.2 Å². The number of hydrogen-bond acceptors (Lipinski definition) is 2. The largest absolute Gasteiger partial charge is 0.341 e. The molecule has 1 amide bonds. The Labute approximate surface area is 193 Å². The van der Waals surface area contributed by atoms with E-state index in [9.17, 15) is 4.79 Å². The lowest BCUT2D eigenvalue weighted by Gasteiger charge is -2.30. The van der Waals surface area contributed by atoms with Gasteiger partial charge in [-0.2, -0.15) is 0 Å². The zero-order chi connectivity index (χ0) is 21.7. The van der Waals surface area contributed by atoms with Gasteiger partial charge in [0.15, 0.2) is 0 Å². The zero-order valence-electron chi connectivity index (χ0n) is 20.5. The maximum absolute atomic E-state index is 13.1. The zero-order valence-corrected chi connectivity index (χ0v) is 20.5. The van der Waals surface area contributed by atoms with E-state index >= 15 is 0 Å². The molecule has 2 aliphatic carbocycles. The summed E-state index contributed by atoms with van der Waals surface area (Å²) in [4.78, 5) is 17.9. The Morgan fingerprint density at radius 3 is 2.10 bits per heavy atom. The quantitative estimate of drug-likeness (QED) is 0.187. The average molecular weight is 431 g/mol. The lowest BCUT2D eigenvalue weighted by atomic mass is 9.93. The summed E-state index contributed by atoms with van der Waals surface area (Å²) in [5.74, 6) is 2.70. The first-order valence-corrected chi connectivity index (χ1v) is 13.9. The van der Waals surface area contributed by atoms with Gasteiger partial charge in [-0.1, -0.05) is 83.3 Å². The molecule has 2 bridgehead atoms. The lowest BCUT2D eigenvalue weighted by molar-refractivity contribution is -0.132. The van der Waals surface area contributed by atoms with Crippen molar-refractivity contribution in [3.63, 3.8) is 0 Å². The predicted octanol–water partition coefficient (Wildman–Crippen LogP) is 6.82. The van der Waals surface area contributed by atoms with E-state index in [2.05, 4.69) is 28.9 Å². The van der Waals surface area contributed by atoms with Crippen molar-refractivity contribution in [3.05, 3.63) is 12.2 Å². The molecule has 0 spiro atoms. The number of likely N-dealkylation sites (tertiary alicyclic amines) is 1. The summed E-state index contributed by atoms with van der Waals surface area (Å²) in [6.45, 7) is 7.80. The van der Waals surface area contributed by atoms with Gasteiger partial charge in [-0.25, -0.2) is 0 Å². The number of nitrogens with zero attached hydrogens (tertiary/aromatic N) is 2. The first-order chi connectivity index (χ1) is 15.3. The highest BCUT2D eigenvalue weighted by molar-refractivity contribution is 5.76. The molecule has 3 nitrogen and oxygen atoms in total. The molecule has 3 heteroatoms. The summed E-state index contributed by atoms with van der Waals surface area (Å²) < 4.78 is 0. The van der Waals surface area contributed by atoms with E-state index in [1.165, 1.54) is 103 Å². The molecule has 178 valence electrons. The van der Waals surface area contributed by atoms with Crippen LogP contribution in [0.5, 0.6) is 0 Å². The minimum atomic E-state index is 0.432. The minimum Gasteiger partial charge on any atom is -0.341 e. The summed E-state index contributed by atoms with van der Waals surface area (Å²) in [5.41, 5.74) is 0. The van der Waals surface area contributed by atoms with Gasteiger partial charge < -0.3 is 9.80 Å². The van der Waals surface area contributed by atoms with Gasteiger partial charge >= 0.3 is 0 Å². The van der Waals surface area contributed by atoms with Crippen molar-refractivity contribution < 1.29 is 4.79 Å². The Balaban J connectivity index is 1.28. The lowest BCUT2D eigenvalue weighted by Crippen LogP contribution is -2.41. The molecular formula is C28H50N2O. The fraction of sp³-hybridized carbons (Fsp3) is 0.893. The topological polar surface area (TPSA) is 23.6 Å². The van der Waals surface area contributed by atoms with Gasteiger partial charge in [0.25, 0.3) is 0 Å². The van der Waals surface area contributed by atoms with Crippen LogP contribution in [0.2, 0.25) is 0 Å². The predicted molar refractivity (Wildman–Crippen MR) is 132 cm³/mol. The Kier molecular flexibility index (Phi) is 11.5. The molecule has 3 atom stereocenters. The van der Waals surface area contributed by atoms with Crippen molar-refractivity contribution in [2.24, 2.45) is 17.8 Å². The van der Waals surface area contributed by atoms with Gasteiger partial charge in [0, 0.05) is 26.1 Å². The second-order valence-electron chi connectivity index (χ2n) is 10.7. The highest BCUT2D eigenvalue weighted by atomic mass is 16.2. The maximum Gasteiger partial charge on any atom is 0.222 e. The van der Waals surface area contributed by atoms with Crippen LogP contribution >= 0.6 is 0 Å². The Morgan fingerprint density at radius 2 is 1.52 bits per heavy atom. The average Bonchev–Trinajstić information content (AvgIpc) is 3.53. The van der Waals surface area contributed by atoms with Crippen LogP contribution in [0.3, 0.4) is 0 Å². The van der Waals surface area contributed by atoms with E-state index in [1.54, 1.807) is 0 Å². The number of allylic oxidation sites excluding steroid dienone is 2. The van der Waals surface area contributed by atoms with Gasteiger partial charge in [0.2, 0.25) is 5.91 Å². The third kappa shape index (κ3) is 8.91. The molecule has 1 saturated carbocycles. The molecule has 0 aromatic rings. The summed E-state index contributed by atoms with van der Waals surface area (Å²) in [5, 5.41) is 0. The first kappa shape index (κ1) is 24.8. The number of carbonyl (C=O) groups is 1. The van der Waals surface area contributed by atoms with Crippen molar-refractivity contribution in [1.29, 1.82) is 0 Å². The number of carbonyl (C=O) groups excluding carboxylic acids is 1. The standard InChI is InChI=1S/C28H50N2O/c1-2-3-4-5-6-7-8-9-10-11-12-15-28(31)30(21-20-29-18-13-14-19-29)24-27-23-25-16-17-26(27)22-25/h16-17,25-27H,2-15,18-24H2,1H3. The molecule has 1 saturated heterocycles. The third-order valence-electron chi connectivity index (χ3n) is 8.10. The molecule has 1 aliphatic heterocycles. The number of fused-ring (bicyclic) bond motifs is 2. The molecule has 2 fully saturated rings. The van der Waals surface area contributed by atoms with Crippen molar-refractivity contribution in [2.45, 2.75) is 110 Å². The van der Waals surface area contributed by atoms with Crippen molar-refractivity contribution in [3.8, 4) is 0 Å². The van der Waals surface area contributed by atoms with Crippen LogP contribution in [0.4, 0.5) is 0 Å². The maximum atomic E-state index is 13.1. The fourth-order valence-electron chi connectivity index (χ4n) is 6.07. The summed E-state index contributed by atoms with van der Waals surface area (Å²) in [6, 6.07) is 0. The van der Waals surface area contributed by atoms with E-state index in [4.69, 9.17) is 0 Å². The van der Waals surface area contributed by atoms with E-state index in [1.807, 2.05) is 0 Å². The first-order valence-electron chi connectivity index (χ1n) is 13.9. The highest BCUT2D eigenvalue weighted by Gasteiger charge is 2.37. The molecule has 0 radical (unpaired) electrons. The second-order valence-corrected chi connectivity index (χ2v) is 10.7. The molecule has 31 heavy (non-hydrogen) atoms. The molecular weight excluding hydrogens is 380 g/mol. The molecule has 3 aliphatic rings. The van der Waals surface area contributed by atoms with Crippen LogP contribution < -0.4 is 0 Å². The van der Waals surface area contributed by atoms with Gasteiger partial charge in [0.1, 0.15) is 0 Å². The third-order valence-corrected chi connectivity index (χ3v) is 8.10. The van der Waals surface area contributed by atoms with Gasteiger partial charge in [-0.15, -0.1) is 0 Å². The Morgan fingerprint density at radius 1 is 0.871 bits per heavy atom. The molecule has 0 aromatic carbocycles. The van der Waals surface area contributed by atoms with E-state index in [0.29, 0.717) is 5.91 Å². The van der Waals surface area contributed by atoms with Crippen LogP contribution in [0, 0.1) is 17.8 Å². The van der Waals surface area contributed by atoms with E-state index < -0.39 is 0 Å². The summed E-state index contributed by atoms with van der Waals surface area (Å²) in [6.07, 6.45) is 25.8. The van der Waals surface area contributed by atoms with Crippen LogP contribution in [0.15, 0.2) is 12.2 Å². The normalized spacial score (nSPS) is 25.0. The van der Waals surface area contributed by atoms with E-state index in [-0.39, 0.29) is 0 Å². The smallest absolute Gasteiger partial charge is 0.222 e. The van der Waals surface area contributed by atoms with Crippen LogP contribution in [0.25, 0.3) is 0 Å². The monoisotopic (exact) mass is 430 g/mol. The molecule has 1 heterocycles. The molecule has 0 N–H and O–H groups in total. The summed E-state index contributed by atoms with van der Waals surface area (Å²) >= 11 is 0. The molecule has 3 rings (SSSR count). The second kappa shape index (κ2) is 14.3. The van der Waals surface area contributed by atoms with Gasteiger partial charge in [-0.05, 0) is 62.9 Å². The highest BCUT2D eigenvalue weighted by Crippen LogP contribution is 2.43. The fourth-order valence-corrected chi connectivity index (χ4v) is 6.07. The number of amides is 1. The van der Waals surface area contributed by atoms with Crippen molar-refractivity contribution in [1.82, 2.24) is 9.80 Å². The van der Waals surface area contributed by atoms with Gasteiger partial charge in [0.05, 0.1) is 0 Å². The van der Waals surface area contributed by atoms with Crippen LogP contribution in [0.1, 0.15) is 110 Å². The number of unbranched alkanes of at least 4 members (excludes halogenated alkanes) is 10. The van der Waals surface area contributed by atoms with Crippen LogP contribution in [-0.2, 0) is 4.79 Å². The minimum absolute atomic E-state index is 0.432. The number of rotatable bonds is 17. The Bertz CT molecular complexity index is 525. The molecule has 0 aromatic heterocycles. The summed E-state index contributed by atoms with van der Waals surface area (Å²) in [7, 11) is 0. The van der Waals surface area contributed by atoms with Crippen molar-refractivity contribution >= 4 is 5.91 Å². The molecule has 3 unspecified atom stereocenters. The van der Waals surface area contributed by atoms with Crippen LogP contribution in [-0.4, -0.2) is 48.4 Å². The van der Waals surface area contributed by atoms with Crippen molar-refractivity contribution in [2.75, 3.05) is 32.7 Å². The SMILES string of the molecule is CCCCCCCCCCCCCC(=O)N(CCN1CCCC1)CC1CC2C=CC1C2. The van der Waals surface area contributed by atoms with Gasteiger partial charge in [-0.3, -0.25) is 4.79 Å². The Hall–Kier alpha value is -0.830.